The quantitative estimate of drug-likeness (QED) is 0.626. The van der Waals surface area contributed by atoms with Gasteiger partial charge in [-0.1, -0.05) is 36.4 Å². The van der Waals surface area contributed by atoms with Crippen LogP contribution >= 0.6 is 0 Å². The standard InChI is InChI=1S/C21H25NO5/c1-15-6-5-7-16(2)21(15)27-13-12-26-18-9-4-3-8-17(18)14-22-19(23)10-11-20(24)25/h3-9H,10-14H2,1-2H3,(H,22,23)(H,24,25). The van der Waals surface area contributed by atoms with Gasteiger partial charge in [-0.25, -0.2) is 0 Å². The Morgan fingerprint density at radius 1 is 0.926 bits per heavy atom. The molecule has 6 heteroatoms. The summed E-state index contributed by atoms with van der Waals surface area (Å²) in [7, 11) is 0. The monoisotopic (exact) mass is 371 g/mol. The van der Waals surface area contributed by atoms with Crippen LogP contribution in [0.15, 0.2) is 42.5 Å². The molecule has 2 N–H and O–H groups in total. The van der Waals surface area contributed by atoms with E-state index in [1.165, 1.54) is 0 Å². The Morgan fingerprint density at radius 3 is 2.30 bits per heavy atom. The van der Waals surface area contributed by atoms with Crippen molar-refractivity contribution in [2.45, 2.75) is 33.2 Å². The molecule has 0 spiro atoms. The molecule has 1 amide bonds. The van der Waals surface area contributed by atoms with Crippen molar-refractivity contribution < 1.29 is 24.2 Å². The maximum absolute atomic E-state index is 11.7. The molecule has 0 atom stereocenters. The normalized spacial score (nSPS) is 10.3. The van der Waals surface area contributed by atoms with E-state index in [2.05, 4.69) is 5.32 Å². The van der Waals surface area contributed by atoms with Crippen LogP contribution in [0.25, 0.3) is 0 Å². The van der Waals surface area contributed by atoms with E-state index in [0.29, 0.717) is 19.0 Å². The van der Waals surface area contributed by atoms with E-state index in [9.17, 15) is 9.59 Å². The number of aliphatic carboxylic acids is 1. The molecule has 144 valence electrons. The third-order valence-corrected chi connectivity index (χ3v) is 4.01. The Hall–Kier alpha value is -3.02. The van der Waals surface area contributed by atoms with Gasteiger partial charge in [0.25, 0.3) is 0 Å². The summed E-state index contributed by atoms with van der Waals surface area (Å²) in [6.45, 7) is 5.08. The third-order valence-electron chi connectivity index (χ3n) is 4.01. The molecule has 2 aromatic rings. The topological polar surface area (TPSA) is 84.9 Å². The van der Waals surface area contributed by atoms with Gasteiger partial charge in [0.05, 0.1) is 6.42 Å². The van der Waals surface area contributed by atoms with Crippen LogP contribution in [0.1, 0.15) is 29.5 Å². The number of rotatable bonds is 10. The van der Waals surface area contributed by atoms with Crippen molar-refractivity contribution in [2.75, 3.05) is 13.2 Å². The Kier molecular flexibility index (Phi) is 7.67. The van der Waals surface area contributed by atoms with Crippen LogP contribution in [-0.2, 0) is 16.1 Å². The number of nitrogens with one attached hydrogen (secondary N) is 1. The van der Waals surface area contributed by atoms with Crippen molar-refractivity contribution in [3.05, 3.63) is 59.2 Å². The summed E-state index contributed by atoms with van der Waals surface area (Å²) in [5, 5.41) is 11.3. The number of hydrogen-bond acceptors (Lipinski definition) is 4. The molecule has 0 heterocycles. The molecule has 6 nitrogen and oxygen atoms in total. The fourth-order valence-corrected chi connectivity index (χ4v) is 2.62. The number of benzene rings is 2. The van der Waals surface area contributed by atoms with Gasteiger partial charge in [0.1, 0.15) is 24.7 Å². The highest BCUT2D eigenvalue weighted by Gasteiger charge is 2.08. The second-order valence-corrected chi connectivity index (χ2v) is 6.20. The number of carboxylic acid groups (broad SMARTS) is 1. The third kappa shape index (κ3) is 6.66. The van der Waals surface area contributed by atoms with E-state index in [-0.39, 0.29) is 25.3 Å². The molecule has 0 aromatic heterocycles. The second-order valence-electron chi connectivity index (χ2n) is 6.20. The van der Waals surface area contributed by atoms with Crippen LogP contribution < -0.4 is 14.8 Å². The molecule has 0 saturated heterocycles. The van der Waals surface area contributed by atoms with Gasteiger partial charge in [-0.2, -0.15) is 0 Å². The lowest BCUT2D eigenvalue weighted by Crippen LogP contribution is -2.23. The SMILES string of the molecule is Cc1cccc(C)c1OCCOc1ccccc1CNC(=O)CCC(=O)O. The molecular weight excluding hydrogens is 346 g/mol. The Bertz CT molecular complexity index is 768. The van der Waals surface area contributed by atoms with E-state index < -0.39 is 5.97 Å². The number of para-hydroxylation sites is 2. The van der Waals surface area contributed by atoms with E-state index in [4.69, 9.17) is 14.6 Å². The Morgan fingerprint density at radius 2 is 1.59 bits per heavy atom. The zero-order valence-electron chi connectivity index (χ0n) is 15.7. The van der Waals surface area contributed by atoms with Crippen molar-refractivity contribution in [1.82, 2.24) is 5.32 Å². The van der Waals surface area contributed by atoms with Gasteiger partial charge in [0.2, 0.25) is 5.91 Å². The van der Waals surface area contributed by atoms with Gasteiger partial charge >= 0.3 is 5.97 Å². The smallest absolute Gasteiger partial charge is 0.303 e. The molecule has 0 aliphatic rings. The first kappa shape index (κ1) is 20.3. The minimum Gasteiger partial charge on any atom is -0.490 e. The number of amides is 1. The first-order valence-corrected chi connectivity index (χ1v) is 8.85. The lowest BCUT2D eigenvalue weighted by molar-refractivity contribution is -0.138. The predicted molar refractivity (Wildman–Crippen MR) is 102 cm³/mol. The summed E-state index contributed by atoms with van der Waals surface area (Å²) in [6, 6.07) is 13.4. The first-order chi connectivity index (χ1) is 13.0. The molecule has 0 aliphatic heterocycles. The largest absolute Gasteiger partial charge is 0.490 e. The highest BCUT2D eigenvalue weighted by molar-refractivity contribution is 5.80. The molecule has 0 radical (unpaired) electrons. The van der Waals surface area contributed by atoms with Crippen molar-refractivity contribution in [3.8, 4) is 11.5 Å². The number of carbonyl (C=O) groups excluding carboxylic acids is 1. The minimum atomic E-state index is -0.988. The van der Waals surface area contributed by atoms with Gasteiger partial charge in [-0.15, -0.1) is 0 Å². The van der Waals surface area contributed by atoms with E-state index in [1.807, 2.05) is 56.3 Å². The lowest BCUT2D eigenvalue weighted by Gasteiger charge is -2.14. The number of carboxylic acids is 1. The Labute approximate surface area is 159 Å². The average molecular weight is 371 g/mol. The summed E-state index contributed by atoms with van der Waals surface area (Å²) in [5.74, 6) is 0.254. The van der Waals surface area contributed by atoms with Crippen LogP contribution in [0.2, 0.25) is 0 Å². The summed E-state index contributed by atoms with van der Waals surface area (Å²) >= 11 is 0. The molecule has 0 bridgehead atoms. The summed E-state index contributed by atoms with van der Waals surface area (Å²) in [4.78, 5) is 22.2. The van der Waals surface area contributed by atoms with Crippen LogP contribution in [-0.4, -0.2) is 30.2 Å². The molecule has 0 aliphatic carbocycles. The average Bonchev–Trinajstić information content (AvgIpc) is 2.64. The van der Waals surface area contributed by atoms with Gasteiger partial charge < -0.3 is 19.9 Å². The number of hydrogen-bond donors (Lipinski definition) is 2. The lowest BCUT2D eigenvalue weighted by atomic mass is 10.1. The molecule has 27 heavy (non-hydrogen) atoms. The summed E-state index contributed by atoms with van der Waals surface area (Å²) in [5.41, 5.74) is 2.99. The maximum Gasteiger partial charge on any atom is 0.303 e. The predicted octanol–water partition coefficient (Wildman–Crippen LogP) is 3.24. The van der Waals surface area contributed by atoms with Gasteiger partial charge in [-0.3, -0.25) is 9.59 Å². The van der Waals surface area contributed by atoms with Crippen LogP contribution in [0, 0.1) is 13.8 Å². The maximum atomic E-state index is 11.7. The molecule has 0 unspecified atom stereocenters. The van der Waals surface area contributed by atoms with Crippen LogP contribution in [0.4, 0.5) is 0 Å². The first-order valence-electron chi connectivity index (χ1n) is 8.85. The van der Waals surface area contributed by atoms with E-state index in [1.54, 1.807) is 0 Å². The fourth-order valence-electron chi connectivity index (χ4n) is 2.62. The molecule has 0 fully saturated rings. The van der Waals surface area contributed by atoms with Crippen LogP contribution in [0.3, 0.4) is 0 Å². The fraction of sp³-hybridized carbons (Fsp3) is 0.333. The summed E-state index contributed by atoms with van der Waals surface area (Å²) in [6.07, 6.45) is -0.221. The van der Waals surface area contributed by atoms with Crippen molar-refractivity contribution in [1.29, 1.82) is 0 Å². The van der Waals surface area contributed by atoms with Crippen LogP contribution in [0.5, 0.6) is 11.5 Å². The minimum absolute atomic E-state index is 0.0397. The number of aryl methyl sites for hydroxylation is 2. The zero-order chi connectivity index (χ0) is 19.6. The van der Waals surface area contributed by atoms with E-state index >= 15 is 0 Å². The number of ether oxygens (including phenoxy) is 2. The Balaban J connectivity index is 1.83. The highest BCUT2D eigenvalue weighted by Crippen LogP contribution is 2.22. The molecular formula is C21H25NO5. The van der Waals surface area contributed by atoms with Gasteiger partial charge in [0, 0.05) is 18.5 Å². The zero-order valence-corrected chi connectivity index (χ0v) is 15.7. The van der Waals surface area contributed by atoms with Crippen molar-refractivity contribution in [2.24, 2.45) is 0 Å². The molecule has 2 aromatic carbocycles. The number of carbonyl (C=O) groups is 2. The van der Waals surface area contributed by atoms with Gasteiger partial charge in [0.15, 0.2) is 0 Å². The van der Waals surface area contributed by atoms with Gasteiger partial charge in [-0.05, 0) is 31.0 Å². The van der Waals surface area contributed by atoms with Crippen molar-refractivity contribution in [3.63, 3.8) is 0 Å². The van der Waals surface area contributed by atoms with E-state index in [0.717, 1.165) is 22.4 Å². The highest BCUT2D eigenvalue weighted by atomic mass is 16.5. The van der Waals surface area contributed by atoms with Crippen molar-refractivity contribution >= 4 is 11.9 Å². The second kappa shape index (κ2) is 10.2. The molecule has 2 rings (SSSR count). The molecule has 0 saturated carbocycles. The summed E-state index contributed by atoms with van der Waals surface area (Å²) < 4.78 is 11.6.